The van der Waals surface area contributed by atoms with Crippen LogP contribution in [0.15, 0.2) is 30.7 Å². The number of carbonyl (C=O) groups excluding carboxylic acids is 2. The van der Waals surface area contributed by atoms with Crippen LogP contribution in [0.5, 0.6) is 0 Å². The molecule has 1 aromatic heterocycles. The summed E-state index contributed by atoms with van der Waals surface area (Å²) in [4.78, 5) is 43.5. The number of hydrogen-bond acceptors (Lipinski definition) is 7. The number of nitrogens with one attached hydrogen (secondary N) is 1. The maximum Gasteiger partial charge on any atom is 0.256 e. The summed E-state index contributed by atoms with van der Waals surface area (Å²) in [6, 6.07) is 4.05. The van der Waals surface area contributed by atoms with Gasteiger partial charge in [0.15, 0.2) is 5.82 Å². The molecule has 3 aliphatic heterocycles. The summed E-state index contributed by atoms with van der Waals surface area (Å²) >= 11 is 0. The fourth-order valence-electron chi connectivity index (χ4n) is 7.11. The second kappa shape index (κ2) is 10.6. The molecule has 6 rings (SSSR count). The monoisotopic (exact) mass is 553 g/mol. The molecule has 40 heavy (non-hydrogen) atoms. The summed E-state index contributed by atoms with van der Waals surface area (Å²) in [6.07, 6.45) is 4.36. The van der Waals surface area contributed by atoms with Crippen molar-refractivity contribution >= 4 is 29.0 Å². The molecule has 0 radical (unpaired) electrons. The molecule has 2 saturated heterocycles. The van der Waals surface area contributed by atoms with Crippen molar-refractivity contribution in [3.05, 3.63) is 42.1 Å². The minimum Gasteiger partial charge on any atom is -0.348 e. The van der Waals surface area contributed by atoms with Crippen LogP contribution in [0, 0.1) is 11.7 Å². The van der Waals surface area contributed by atoms with Gasteiger partial charge in [-0.15, -0.1) is 0 Å². The number of piperidine rings is 1. The van der Waals surface area contributed by atoms with Gasteiger partial charge in [0.05, 0.1) is 23.5 Å². The number of aromatic nitrogens is 2. The molecule has 2 aromatic rings. The number of nitrogens with zero attached hydrogens (tertiary/aromatic N) is 6. The van der Waals surface area contributed by atoms with E-state index in [-0.39, 0.29) is 35.9 Å². The normalized spacial score (nSPS) is 27.4. The van der Waals surface area contributed by atoms with Crippen LogP contribution in [0.25, 0.3) is 0 Å². The molecule has 214 valence electrons. The van der Waals surface area contributed by atoms with Crippen molar-refractivity contribution in [1.82, 2.24) is 25.1 Å². The topological polar surface area (TPSA) is 84.9 Å². The quantitative estimate of drug-likeness (QED) is 0.589. The number of carbonyl (C=O) groups is 2. The van der Waals surface area contributed by atoms with Gasteiger partial charge in [0.1, 0.15) is 24.0 Å². The zero-order valence-corrected chi connectivity index (χ0v) is 23.3. The molecule has 1 N–H and O–H groups in total. The lowest BCUT2D eigenvalue weighted by Crippen LogP contribution is -2.52. The SMILES string of the molecule is CCN(C(=O)c1cc(F)ccc1N1CCN(C2CCN(C(=O)[C@H]3NC4CC3[C@@H](F)C4)C2)c2ncncc21)C(C)C. The number of anilines is 3. The maximum absolute atomic E-state index is 14.4. The van der Waals surface area contributed by atoms with Crippen molar-refractivity contribution in [3.63, 3.8) is 0 Å². The minimum atomic E-state index is -0.900. The highest BCUT2D eigenvalue weighted by atomic mass is 19.1. The van der Waals surface area contributed by atoms with E-state index < -0.39 is 18.0 Å². The summed E-state index contributed by atoms with van der Waals surface area (Å²) in [5.41, 5.74) is 1.66. The molecule has 1 saturated carbocycles. The van der Waals surface area contributed by atoms with Gasteiger partial charge in [-0.25, -0.2) is 18.7 Å². The standard InChI is InChI=1S/C29H37F2N7O2/c1-4-36(17(2)3)28(39)22-11-18(30)5-6-24(22)38-10-9-37(27-25(38)14-32-16-33-27)20-7-8-35(15-20)29(40)26-21-12-19(34-26)13-23(21)31/h5-6,11,14,16-17,19-21,23,26,34H,4,7-10,12-13,15H2,1-3H3/t19?,20?,21?,23-,26-/m0/s1. The highest BCUT2D eigenvalue weighted by Crippen LogP contribution is 2.41. The van der Waals surface area contributed by atoms with Crippen molar-refractivity contribution in [2.45, 2.75) is 70.4 Å². The molecule has 2 bridgehead atoms. The van der Waals surface area contributed by atoms with Crippen molar-refractivity contribution in [3.8, 4) is 0 Å². The number of fused-ring (bicyclic) bond motifs is 3. The largest absolute Gasteiger partial charge is 0.348 e. The van der Waals surface area contributed by atoms with E-state index in [4.69, 9.17) is 0 Å². The Morgan fingerprint density at radius 2 is 2.00 bits per heavy atom. The predicted molar refractivity (Wildman–Crippen MR) is 148 cm³/mol. The lowest BCUT2D eigenvalue weighted by molar-refractivity contribution is -0.134. The summed E-state index contributed by atoms with van der Waals surface area (Å²) in [5, 5.41) is 3.34. The Balaban J connectivity index is 1.24. The maximum atomic E-state index is 14.4. The Morgan fingerprint density at radius 1 is 1.18 bits per heavy atom. The summed E-state index contributed by atoms with van der Waals surface area (Å²) in [6.45, 7) is 8.65. The van der Waals surface area contributed by atoms with Gasteiger partial charge in [-0.05, 0) is 58.2 Å². The molecular weight excluding hydrogens is 516 g/mol. The summed E-state index contributed by atoms with van der Waals surface area (Å²) < 4.78 is 28.8. The van der Waals surface area contributed by atoms with E-state index in [0.717, 1.165) is 24.3 Å². The van der Waals surface area contributed by atoms with Crippen LogP contribution in [-0.4, -0.2) is 94.6 Å². The van der Waals surface area contributed by atoms with Crippen molar-refractivity contribution in [1.29, 1.82) is 0 Å². The third-order valence-electron chi connectivity index (χ3n) is 9.06. The Labute approximate surface area is 233 Å². The van der Waals surface area contributed by atoms with E-state index in [9.17, 15) is 18.4 Å². The smallest absolute Gasteiger partial charge is 0.256 e. The van der Waals surface area contributed by atoms with E-state index in [1.807, 2.05) is 30.6 Å². The first kappa shape index (κ1) is 26.9. The van der Waals surface area contributed by atoms with Crippen LogP contribution in [0.3, 0.4) is 0 Å². The average Bonchev–Trinajstić information content (AvgIpc) is 3.68. The third kappa shape index (κ3) is 4.57. The van der Waals surface area contributed by atoms with E-state index in [1.165, 1.54) is 18.5 Å². The van der Waals surface area contributed by atoms with Crippen LogP contribution in [0.4, 0.5) is 26.0 Å². The Hall–Kier alpha value is -3.34. The van der Waals surface area contributed by atoms with Crippen molar-refractivity contribution in [2.75, 3.05) is 42.5 Å². The molecule has 5 atom stereocenters. The number of alkyl halides is 1. The molecular formula is C29H37F2N7O2. The average molecular weight is 554 g/mol. The van der Waals surface area contributed by atoms with Crippen LogP contribution < -0.4 is 15.1 Å². The third-order valence-corrected chi connectivity index (χ3v) is 9.06. The van der Waals surface area contributed by atoms with E-state index in [1.54, 1.807) is 17.2 Å². The second-order valence-electron chi connectivity index (χ2n) is 11.6. The summed E-state index contributed by atoms with van der Waals surface area (Å²) in [5.74, 6) is -0.182. The van der Waals surface area contributed by atoms with Crippen molar-refractivity contribution < 1.29 is 18.4 Å². The van der Waals surface area contributed by atoms with Gasteiger partial charge in [0.2, 0.25) is 5.91 Å². The van der Waals surface area contributed by atoms with Crippen LogP contribution in [0.1, 0.15) is 50.4 Å². The van der Waals surface area contributed by atoms with Gasteiger partial charge in [0, 0.05) is 56.8 Å². The summed E-state index contributed by atoms with van der Waals surface area (Å²) in [7, 11) is 0. The van der Waals surface area contributed by atoms with Gasteiger partial charge >= 0.3 is 0 Å². The molecule has 9 nitrogen and oxygen atoms in total. The van der Waals surface area contributed by atoms with Crippen LogP contribution in [0.2, 0.25) is 0 Å². The van der Waals surface area contributed by atoms with Gasteiger partial charge in [-0.1, -0.05) is 0 Å². The fraction of sp³-hybridized carbons (Fsp3) is 0.586. The Kier molecular flexibility index (Phi) is 7.10. The molecule has 1 aliphatic carbocycles. The van der Waals surface area contributed by atoms with Gasteiger partial charge in [-0.3, -0.25) is 9.59 Å². The Bertz CT molecular complexity index is 1290. The molecule has 4 heterocycles. The number of rotatable bonds is 6. The predicted octanol–water partition coefficient (Wildman–Crippen LogP) is 3.13. The molecule has 1 aromatic carbocycles. The minimum absolute atomic E-state index is 0.000931. The van der Waals surface area contributed by atoms with Crippen LogP contribution >= 0.6 is 0 Å². The van der Waals surface area contributed by atoms with E-state index in [2.05, 4.69) is 20.2 Å². The number of likely N-dealkylation sites (tertiary alicyclic amines) is 1. The Morgan fingerprint density at radius 3 is 2.73 bits per heavy atom. The zero-order valence-electron chi connectivity index (χ0n) is 23.3. The van der Waals surface area contributed by atoms with E-state index in [0.29, 0.717) is 50.4 Å². The molecule has 0 spiro atoms. The number of hydrogen-bond donors (Lipinski definition) is 1. The van der Waals surface area contributed by atoms with Crippen LogP contribution in [-0.2, 0) is 4.79 Å². The lowest BCUT2D eigenvalue weighted by Gasteiger charge is -2.41. The first-order valence-corrected chi connectivity index (χ1v) is 14.4. The van der Waals surface area contributed by atoms with Gasteiger partial charge in [0.25, 0.3) is 5.91 Å². The molecule has 2 amide bonds. The zero-order chi connectivity index (χ0) is 28.1. The van der Waals surface area contributed by atoms with E-state index >= 15 is 0 Å². The number of benzene rings is 1. The first-order valence-electron chi connectivity index (χ1n) is 14.4. The fourth-order valence-corrected chi connectivity index (χ4v) is 7.11. The van der Waals surface area contributed by atoms with Gasteiger partial charge in [-0.2, -0.15) is 0 Å². The first-order chi connectivity index (χ1) is 19.3. The molecule has 4 aliphatic rings. The molecule has 3 fully saturated rings. The highest BCUT2D eigenvalue weighted by molar-refractivity contribution is 6.01. The molecule has 11 heteroatoms. The second-order valence-corrected chi connectivity index (χ2v) is 11.6. The van der Waals surface area contributed by atoms with Crippen molar-refractivity contribution in [2.24, 2.45) is 5.92 Å². The number of halogens is 2. The van der Waals surface area contributed by atoms with Gasteiger partial charge < -0.3 is 24.9 Å². The lowest BCUT2D eigenvalue weighted by atomic mass is 9.97. The highest BCUT2D eigenvalue weighted by Gasteiger charge is 2.51. The number of amides is 2. The molecule has 3 unspecified atom stereocenters.